The van der Waals surface area contributed by atoms with Gasteiger partial charge in [0.15, 0.2) is 0 Å². The SMILES string of the molecule is CCCc1cn(C)c2c(NS(=O)(=O)c3ccc(OC)cc3)cccc12. The molecule has 0 saturated heterocycles. The van der Waals surface area contributed by atoms with Crippen molar-refractivity contribution < 1.29 is 13.2 Å². The molecule has 2 aromatic carbocycles. The van der Waals surface area contributed by atoms with Crippen molar-refractivity contribution in [2.24, 2.45) is 7.05 Å². The maximum Gasteiger partial charge on any atom is 0.261 e. The zero-order chi connectivity index (χ0) is 18.0. The van der Waals surface area contributed by atoms with E-state index in [0.29, 0.717) is 11.4 Å². The fraction of sp³-hybridized carbons (Fsp3) is 0.263. The predicted octanol–water partition coefficient (Wildman–Crippen LogP) is 3.94. The highest BCUT2D eigenvalue weighted by molar-refractivity contribution is 7.92. The summed E-state index contributed by atoms with van der Waals surface area (Å²) in [5.74, 6) is 0.618. The van der Waals surface area contributed by atoms with Crippen LogP contribution in [0.2, 0.25) is 0 Å². The number of hydrogen-bond donors (Lipinski definition) is 1. The molecule has 0 fully saturated rings. The van der Waals surface area contributed by atoms with Gasteiger partial charge in [0.25, 0.3) is 10.0 Å². The van der Waals surface area contributed by atoms with E-state index in [9.17, 15) is 8.42 Å². The van der Waals surface area contributed by atoms with Crippen molar-refractivity contribution in [1.29, 1.82) is 0 Å². The number of anilines is 1. The van der Waals surface area contributed by atoms with Crippen LogP contribution in [0.5, 0.6) is 5.75 Å². The summed E-state index contributed by atoms with van der Waals surface area (Å²) in [5, 5.41) is 1.08. The summed E-state index contributed by atoms with van der Waals surface area (Å²) in [4.78, 5) is 0.202. The van der Waals surface area contributed by atoms with Crippen molar-refractivity contribution in [2.75, 3.05) is 11.8 Å². The molecule has 1 heterocycles. The first-order valence-corrected chi connectivity index (χ1v) is 9.68. The Labute approximate surface area is 148 Å². The molecule has 0 saturated carbocycles. The minimum absolute atomic E-state index is 0.202. The Hall–Kier alpha value is -2.47. The van der Waals surface area contributed by atoms with E-state index in [1.54, 1.807) is 25.3 Å². The lowest BCUT2D eigenvalue weighted by Gasteiger charge is -2.11. The Morgan fingerprint density at radius 3 is 2.48 bits per heavy atom. The van der Waals surface area contributed by atoms with Gasteiger partial charge >= 0.3 is 0 Å². The lowest BCUT2D eigenvalue weighted by molar-refractivity contribution is 0.414. The second-order valence-corrected chi connectivity index (χ2v) is 7.68. The summed E-state index contributed by atoms with van der Waals surface area (Å²) in [6.07, 6.45) is 4.08. The van der Waals surface area contributed by atoms with Crippen LogP contribution < -0.4 is 9.46 Å². The highest BCUT2D eigenvalue weighted by Crippen LogP contribution is 2.30. The van der Waals surface area contributed by atoms with E-state index in [0.717, 1.165) is 23.7 Å². The Kier molecular flexibility index (Phi) is 4.72. The largest absolute Gasteiger partial charge is 0.497 e. The number of nitrogens with one attached hydrogen (secondary N) is 1. The van der Waals surface area contributed by atoms with Crippen LogP contribution in [0.1, 0.15) is 18.9 Å². The molecule has 5 nitrogen and oxygen atoms in total. The van der Waals surface area contributed by atoms with Crippen LogP contribution in [0.25, 0.3) is 10.9 Å². The average Bonchev–Trinajstić information content (AvgIpc) is 2.92. The van der Waals surface area contributed by atoms with E-state index in [-0.39, 0.29) is 4.90 Å². The van der Waals surface area contributed by atoms with Crippen LogP contribution in [0.3, 0.4) is 0 Å². The summed E-state index contributed by atoms with van der Waals surface area (Å²) >= 11 is 0. The lowest BCUT2D eigenvalue weighted by atomic mass is 10.1. The molecule has 3 aromatic rings. The molecule has 6 heteroatoms. The number of nitrogens with zero attached hydrogens (tertiary/aromatic N) is 1. The van der Waals surface area contributed by atoms with E-state index >= 15 is 0 Å². The molecule has 0 radical (unpaired) electrons. The number of sulfonamides is 1. The van der Waals surface area contributed by atoms with Crippen molar-refractivity contribution in [3.05, 3.63) is 54.2 Å². The molecule has 0 atom stereocenters. The predicted molar refractivity (Wildman–Crippen MR) is 101 cm³/mol. The third kappa shape index (κ3) is 3.35. The van der Waals surface area contributed by atoms with Crippen LogP contribution in [0.4, 0.5) is 5.69 Å². The summed E-state index contributed by atoms with van der Waals surface area (Å²) in [6.45, 7) is 2.13. The fourth-order valence-corrected chi connectivity index (χ4v) is 4.13. The molecule has 1 N–H and O–H groups in total. The minimum atomic E-state index is -3.67. The van der Waals surface area contributed by atoms with Gasteiger partial charge in [-0.3, -0.25) is 4.72 Å². The van der Waals surface area contributed by atoms with E-state index in [4.69, 9.17) is 4.74 Å². The normalized spacial score (nSPS) is 11.6. The number of hydrogen-bond acceptors (Lipinski definition) is 3. The molecule has 0 aliphatic heterocycles. The van der Waals surface area contributed by atoms with Gasteiger partial charge in [-0.2, -0.15) is 0 Å². The molecular formula is C19H22N2O3S. The molecule has 1 aromatic heterocycles. The number of rotatable bonds is 6. The highest BCUT2D eigenvalue weighted by Gasteiger charge is 2.17. The number of benzene rings is 2. The zero-order valence-corrected chi connectivity index (χ0v) is 15.4. The first-order chi connectivity index (χ1) is 12.0. The number of ether oxygens (including phenoxy) is 1. The van der Waals surface area contributed by atoms with Crippen LogP contribution >= 0.6 is 0 Å². The van der Waals surface area contributed by atoms with Crippen molar-refractivity contribution in [3.8, 4) is 5.75 Å². The van der Waals surface area contributed by atoms with Gasteiger partial charge in [-0.1, -0.05) is 25.5 Å². The maximum atomic E-state index is 12.7. The summed E-state index contributed by atoms with van der Waals surface area (Å²) in [7, 11) is -0.184. The van der Waals surface area contributed by atoms with Gasteiger partial charge in [-0.15, -0.1) is 0 Å². The van der Waals surface area contributed by atoms with Crippen molar-refractivity contribution in [2.45, 2.75) is 24.7 Å². The van der Waals surface area contributed by atoms with Crippen LogP contribution in [-0.4, -0.2) is 20.1 Å². The number of methoxy groups -OCH3 is 1. The third-order valence-corrected chi connectivity index (χ3v) is 5.60. The number of para-hydroxylation sites is 1. The first kappa shape index (κ1) is 17.4. The van der Waals surface area contributed by atoms with Crippen LogP contribution in [0, 0.1) is 0 Å². The van der Waals surface area contributed by atoms with Gasteiger partial charge in [-0.05, 0) is 42.3 Å². The van der Waals surface area contributed by atoms with Crippen molar-refractivity contribution >= 4 is 26.6 Å². The van der Waals surface area contributed by atoms with Gasteiger partial charge < -0.3 is 9.30 Å². The van der Waals surface area contributed by atoms with Crippen molar-refractivity contribution in [3.63, 3.8) is 0 Å². The van der Waals surface area contributed by atoms with E-state index in [2.05, 4.69) is 17.8 Å². The quantitative estimate of drug-likeness (QED) is 0.726. The number of aryl methyl sites for hydroxylation is 2. The first-order valence-electron chi connectivity index (χ1n) is 8.20. The second kappa shape index (κ2) is 6.80. The molecule has 132 valence electrons. The summed E-state index contributed by atoms with van der Waals surface area (Å²) in [5.41, 5.74) is 2.70. The fourth-order valence-electron chi connectivity index (χ4n) is 3.06. The van der Waals surface area contributed by atoms with Crippen LogP contribution in [-0.2, 0) is 23.5 Å². The van der Waals surface area contributed by atoms with Gasteiger partial charge in [0.1, 0.15) is 5.75 Å². The maximum absolute atomic E-state index is 12.7. The average molecular weight is 358 g/mol. The Morgan fingerprint density at radius 2 is 1.84 bits per heavy atom. The Bertz CT molecular complexity index is 989. The molecule has 0 amide bonds. The smallest absolute Gasteiger partial charge is 0.261 e. The van der Waals surface area contributed by atoms with Crippen LogP contribution in [0.15, 0.2) is 53.6 Å². The molecule has 3 rings (SSSR count). The molecule has 0 spiro atoms. The Balaban J connectivity index is 2.01. The minimum Gasteiger partial charge on any atom is -0.497 e. The summed E-state index contributed by atoms with van der Waals surface area (Å²) in [6, 6.07) is 12.1. The van der Waals surface area contributed by atoms with Gasteiger partial charge in [0, 0.05) is 18.6 Å². The molecule has 0 aliphatic carbocycles. The zero-order valence-electron chi connectivity index (χ0n) is 14.6. The number of aromatic nitrogens is 1. The van der Waals surface area contributed by atoms with Gasteiger partial charge in [0.2, 0.25) is 0 Å². The third-order valence-electron chi connectivity index (χ3n) is 4.22. The topological polar surface area (TPSA) is 60.3 Å². The molecular weight excluding hydrogens is 336 g/mol. The second-order valence-electron chi connectivity index (χ2n) is 6.00. The van der Waals surface area contributed by atoms with E-state index in [1.165, 1.54) is 17.7 Å². The summed E-state index contributed by atoms with van der Waals surface area (Å²) < 4.78 is 35.2. The van der Waals surface area contributed by atoms with Gasteiger partial charge in [0.05, 0.1) is 23.2 Å². The monoisotopic (exact) mass is 358 g/mol. The molecule has 0 aliphatic rings. The van der Waals surface area contributed by atoms with Crippen molar-refractivity contribution in [1.82, 2.24) is 4.57 Å². The van der Waals surface area contributed by atoms with E-state index < -0.39 is 10.0 Å². The highest BCUT2D eigenvalue weighted by atomic mass is 32.2. The van der Waals surface area contributed by atoms with Gasteiger partial charge in [-0.25, -0.2) is 8.42 Å². The Morgan fingerprint density at radius 1 is 1.12 bits per heavy atom. The number of fused-ring (bicyclic) bond motifs is 1. The van der Waals surface area contributed by atoms with E-state index in [1.807, 2.05) is 23.7 Å². The molecule has 0 bridgehead atoms. The lowest BCUT2D eigenvalue weighted by Crippen LogP contribution is -2.13. The molecule has 25 heavy (non-hydrogen) atoms. The molecule has 0 unspecified atom stereocenters. The standard InChI is InChI=1S/C19H22N2O3S/c1-4-6-14-13-21(2)19-17(14)7-5-8-18(19)20-25(22,23)16-11-9-15(24-3)10-12-16/h5,7-13,20H,4,6H2,1-3H3.